The van der Waals surface area contributed by atoms with Crippen LogP contribution in [0.25, 0.3) is 0 Å². The quantitative estimate of drug-likeness (QED) is 0.779. The van der Waals surface area contributed by atoms with Crippen LogP contribution in [0.2, 0.25) is 0 Å². The number of aliphatic hydroxyl groups is 1. The van der Waals surface area contributed by atoms with Crippen LogP contribution in [0.3, 0.4) is 0 Å². The molecule has 1 N–H and O–H groups in total. The monoisotopic (exact) mass is 405 g/mol. The Hall–Kier alpha value is -2.33. The molecule has 1 amide bonds. The number of carbonyl (C=O) groups is 1. The molecule has 2 atom stereocenters. The van der Waals surface area contributed by atoms with E-state index < -0.39 is 5.60 Å². The zero-order valence-corrected chi connectivity index (χ0v) is 17.7. The average Bonchev–Trinajstić information content (AvgIpc) is 2.73. The fraction of sp³-hybridized carbons (Fsp3) is 0.500. The van der Waals surface area contributed by atoms with E-state index in [1.807, 2.05) is 54.4 Å². The Balaban J connectivity index is 1.20. The molecule has 4 fully saturated rings. The van der Waals surface area contributed by atoms with Crippen molar-refractivity contribution in [1.82, 2.24) is 4.90 Å². The molecule has 2 unspecified atom stereocenters. The van der Waals surface area contributed by atoms with E-state index in [4.69, 9.17) is 4.74 Å². The molecular formula is C26H31NO3. The Morgan fingerprint density at radius 2 is 1.70 bits per heavy atom. The first-order valence-corrected chi connectivity index (χ1v) is 11.3. The van der Waals surface area contributed by atoms with Gasteiger partial charge in [-0.3, -0.25) is 4.79 Å². The molecule has 0 radical (unpaired) electrons. The number of hydrogen-bond donors (Lipinski definition) is 1. The van der Waals surface area contributed by atoms with E-state index in [9.17, 15) is 9.90 Å². The molecular weight excluding hydrogens is 374 g/mol. The molecule has 6 rings (SSSR count). The van der Waals surface area contributed by atoms with Crippen LogP contribution in [0.1, 0.15) is 48.0 Å². The first-order valence-electron chi connectivity index (χ1n) is 11.3. The molecule has 2 aromatic carbocycles. The van der Waals surface area contributed by atoms with Crippen molar-refractivity contribution in [2.24, 2.45) is 17.8 Å². The van der Waals surface area contributed by atoms with Crippen molar-refractivity contribution in [1.29, 1.82) is 0 Å². The van der Waals surface area contributed by atoms with Gasteiger partial charge in [0, 0.05) is 25.1 Å². The number of rotatable bonds is 6. The second kappa shape index (κ2) is 7.73. The number of carbonyl (C=O) groups excluding carboxylic acids is 1. The third-order valence-corrected chi connectivity index (χ3v) is 7.56. The van der Waals surface area contributed by atoms with Crippen molar-refractivity contribution in [2.75, 3.05) is 13.7 Å². The topological polar surface area (TPSA) is 49.8 Å². The predicted octanol–water partition coefficient (Wildman–Crippen LogP) is 4.32. The molecule has 4 nitrogen and oxygen atoms in total. The highest BCUT2D eigenvalue weighted by molar-refractivity contribution is 5.94. The van der Waals surface area contributed by atoms with Crippen LogP contribution in [0.5, 0.6) is 5.75 Å². The first-order chi connectivity index (χ1) is 14.5. The molecule has 158 valence electrons. The summed E-state index contributed by atoms with van der Waals surface area (Å²) in [6, 6.07) is 18.1. The summed E-state index contributed by atoms with van der Waals surface area (Å²) in [5.41, 5.74) is 1.50. The number of amides is 1. The summed E-state index contributed by atoms with van der Waals surface area (Å²) in [5, 5.41) is 10.8. The maximum Gasteiger partial charge on any atom is 0.253 e. The van der Waals surface area contributed by atoms with Crippen LogP contribution in [-0.4, -0.2) is 41.2 Å². The highest BCUT2D eigenvalue weighted by Gasteiger charge is 2.56. The summed E-state index contributed by atoms with van der Waals surface area (Å²) in [6.07, 6.45) is 5.87. The lowest BCUT2D eigenvalue weighted by molar-refractivity contribution is -0.152. The molecule has 4 heteroatoms. The maximum atomic E-state index is 13.2. The lowest BCUT2D eigenvalue weighted by Gasteiger charge is -2.59. The second-order valence-electron chi connectivity index (χ2n) is 9.71. The van der Waals surface area contributed by atoms with Crippen molar-refractivity contribution in [3.8, 4) is 5.75 Å². The third-order valence-electron chi connectivity index (χ3n) is 7.56. The summed E-state index contributed by atoms with van der Waals surface area (Å²) in [7, 11) is 1.95. The van der Waals surface area contributed by atoms with E-state index in [2.05, 4.69) is 12.1 Å². The van der Waals surface area contributed by atoms with Gasteiger partial charge in [0.2, 0.25) is 0 Å². The standard InChI is InChI=1S/C26H31NO3/c1-27(24-21-13-19-14-22(24)17-26(29,15-19)16-21)25(28)20-7-9-23(10-8-20)30-12-11-18-5-3-2-4-6-18/h2-10,19,21-22,24,29H,11-17H2,1H3. The van der Waals surface area contributed by atoms with E-state index >= 15 is 0 Å². The average molecular weight is 406 g/mol. The summed E-state index contributed by atoms with van der Waals surface area (Å²) >= 11 is 0. The molecule has 0 spiro atoms. The maximum absolute atomic E-state index is 13.2. The smallest absolute Gasteiger partial charge is 0.253 e. The summed E-state index contributed by atoms with van der Waals surface area (Å²) in [4.78, 5) is 15.1. The lowest BCUT2D eigenvalue weighted by Crippen LogP contribution is -2.61. The van der Waals surface area contributed by atoms with Gasteiger partial charge >= 0.3 is 0 Å². The van der Waals surface area contributed by atoms with Gasteiger partial charge in [-0.05, 0) is 79.7 Å². The Labute approximate surface area is 178 Å². The number of hydrogen-bond acceptors (Lipinski definition) is 3. The minimum atomic E-state index is -0.463. The van der Waals surface area contributed by atoms with Crippen LogP contribution >= 0.6 is 0 Å². The number of ether oxygens (including phenoxy) is 1. The molecule has 4 saturated carbocycles. The van der Waals surface area contributed by atoms with E-state index in [1.165, 1.54) is 5.56 Å². The molecule has 4 bridgehead atoms. The minimum Gasteiger partial charge on any atom is -0.493 e. The van der Waals surface area contributed by atoms with Gasteiger partial charge in [-0.1, -0.05) is 30.3 Å². The molecule has 0 saturated heterocycles. The molecule has 2 aromatic rings. The number of nitrogens with zero attached hydrogens (tertiary/aromatic N) is 1. The zero-order valence-electron chi connectivity index (χ0n) is 17.7. The Kier molecular flexibility index (Phi) is 5.06. The van der Waals surface area contributed by atoms with E-state index in [0.29, 0.717) is 29.9 Å². The van der Waals surface area contributed by atoms with Gasteiger partial charge in [0.1, 0.15) is 5.75 Å². The number of benzene rings is 2. The Bertz CT molecular complexity index is 878. The van der Waals surface area contributed by atoms with Crippen molar-refractivity contribution in [3.63, 3.8) is 0 Å². The van der Waals surface area contributed by atoms with Crippen LogP contribution < -0.4 is 4.74 Å². The van der Waals surface area contributed by atoms with Crippen molar-refractivity contribution in [3.05, 3.63) is 65.7 Å². The largest absolute Gasteiger partial charge is 0.493 e. The Morgan fingerprint density at radius 3 is 2.33 bits per heavy atom. The third kappa shape index (κ3) is 3.74. The van der Waals surface area contributed by atoms with Crippen LogP contribution in [0.15, 0.2) is 54.6 Å². The first kappa shape index (κ1) is 19.6. The summed E-state index contributed by atoms with van der Waals surface area (Å²) in [5.74, 6) is 2.41. The molecule has 30 heavy (non-hydrogen) atoms. The SMILES string of the molecule is CN(C(=O)c1ccc(OCCc2ccccc2)cc1)C1C2CC3CC1CC(O)(C3)C2. The van der Waals surface area contributed by atoms with Crippen LogP contribution in [0.4, 0.5) is 0 Å². The van der Waals surface area contributed by atoms with Gasteiger partial charge < -0.3 is 14.7 Å². The lowest BCUT2D eigenvalue weighted by atomic mass is 9.52. The summed E-state index contributed by atoms with van der Waals surface area (Å²) in [6.45, 7) is 0.618. The predicted molar refractivity (Wildman–Crippen MR) is 116 cm³/mol. The van der Waals surface area contributed by atoms with E-state index in [-0.39, 0.29) is 11.9 Å². The highest BCUT2D eigenvalue weighted by Crippen LogP contribution is 2.56. The van der Waals surface area contributed by atoms with Gasteiger partial charge in [0.15, 0.2) is 0 Å². The van der Waals surface area contributed by atoms with Crippen molar-refractivity contribution >= 4 is 5.91 Å². The van der Waals surface area contributed by atoms with Crippen molar-refractivity contribution in [2.45, 2.75) is 50.2 Å². The van der Waals surface area contributed by atoms with Gasteiger partial charge in [0.25, 0.3) is 5.91 Å². The van der Waals surface area contributed by atoms with Crippen molar-refractivity contribution < 1.29 is 14.6 Å². The Morgan fingerprint density at radius 1 is 1.03 bits per heavy atom. The molecule has 4 aliphatic carbocycles. The van der Waals surface area contributed by atoms with Crippen LogP contribution in [-0.2, 0) is 6.42 Å². The normalized spacial score (nSPS) is 31.5. The molecule has 4 aliphatic rings. The molecule has 0 aromatic heterocycles. The van der Waals surface area contributed by atoms with Gasteiger partial charge in [-0.15, -0.1) is 0 Å². The van der Waals surface area contributed by atoms with Crippen LogP contribution in [0, 0.1) is 17.8 Å². The van der Waals surface area contributed by atoms with Gasteiger partial charge in [-0.25, -0.2) is 0 Å². The zero-order chi connectivity index (χ0) is 20.7. The molecule has 0 aliphatic heterocycles. The fourth-order valence-corrected chi connectivity index (χ4v) is 6.55. The van der Waals surface area contributed by atoms with E-state index in [0.717, 1.165) is 44.3 Å². The van der Waals surface area contributed by atoms with Gasteiger partial charge in [-0.2, -0.15) is 0 Å². The fourth-order valence-electron chi connectivity index (χ4n) is 6.55. The second-order valence-corrected chi connectivity index (χ2v) is 9.71. The highest BCUT2D eigenvalue weighted by atomic mass is 16.5. The molecule has 0 heterocycles. The summed E-state index contributed by atoms with van der Waals surface area (Å²) < 4.78 is 5.86. The van der Waals surface area contributed by atoms with Gasteiger partial charge in [0.05, 0.1) is 12.2 Å². The van der Waals surface area contributed by atoms with E-state index in [1.54, 1.807) is 0 Å². The minimum absolute atomic E-state index is 0.0790.